The molecular weight excluding hydrogens is 745 g/mol. The molecule has 4 atom stereocenters. The molecule has 0 radical (unpaired) electrons. The van der Waals surface area contributed by atoms with Gasteiger partial charge in [0, 0.05) is 30.1 Å². The maximum atomic E-state index is 13.3. The van der Waals surface area contributed by atoms with Gasteiger partial charge in [-0.1, -0.05) is 194 Å². The average Bonchev–Trinajstić information content (AvgIpc) is 3.78. The van der Waals surface area contributed by atoms with E-state index in [0.717, 1.165) is 48.0 Å². The molecule has 1 saturated carbocycles. The van der Waals surface area contributed by atoms with Crippen molar-refractivity contribution in [3.63, 3.8) is 0 Å². The first kappa shape index (κ1) is 52.5. The fourth-order valence-electron chi connectivity index (χ4n) is 8.42. The fraction of sp³-hybridized carbons (Fsp3) is 0.611. The molecule has 4 unspecified atom stereocenters. The minimum atomic E-state index is -0.794. The molecule has 1 heterocycles. The van der Waals surface area contributed by atoms with Crippen LogP contribution in [0, 0.1) is 10.8 Å². The van der Waals surface area contributed by atoms with Crippen LogP contribution in [0.4, 0.5) is 0 Å². The number of aliphatic hydroxyl groups is 1. The first-order valence-electron chi connectivity index (χ1n) is 23.0. The van der Waals surface area contributed by atoms with Crippen molar-refractivity contribution in [2.24, 2.45) is 10.8 Å². The number of esters is 1. The highest BCUT2D eigenvalue weighted by molar-refractivity contribution is 5.94. The minimum absolute atomic E-state index is 0.0575. The summed E-state index contributed by atoms with van der Waals surface area (Å²) in [4.78, 5) is 38.0. The van der Waals surface area contributed by atoms with Crippen LogP contribution in [0.1, 0.15) is 179 Å². The lowest BCUT2D eigenvalue weighted by Gasteiger charge is -2.39. The minimum Gasteiger partial charge on any atom is -0.462 e. The van der Waals surface area contributed by atoms with Crippen molar-refractivity contribution in [3.8, 4) is 0 Å². The Morgan fingerprint density at radius 3 is 1.68 bits per heavy atom. The Balaban J connectivity index is 1.80. The Morgan fingerprint density at radius 2 is 1.17 bits per heavy atom. The van der Waals surface area contributed by atoms with E-state index in [1.165, 1.54) is 58.3 Å². The van der Waals surface area contributed by atoms with E-state index in [0.29, 0.717) is 19.3 Å². The summed E-state index contributed by atoms with van der Waals surface area (Å²) in [6, 6.07) is 0. The number of hydrogen-bond donors (Lipinski definition) is 1. The van der Waals surface area contributed by atoms with E-state index in [4.69, 9.17) is 9.47 Å². The van der Waals surface area contributed by atoms with Crippen LogP contribution in [0.15, 0.2) is 107 Å². The van der Waals surface area contributed by atoms with Crippen LogP contribution in [0.25, 0.3) is 0 Å². The summed E-state index contributed by atoms with van der Waals surface area (Å²) in [6.07, 6.45) is 42.6. The Bertz CT molecular complexity index is 1670. The molecule has 2 aliphatic rings. The molecule has 1 aliphatic carbocycles. The molecule has 60 heavy (non-hydrogen) atoms. The zero-order chi connectivity index (χ0) is 44.8. The number of epoxide rings is 1. The highest BCUT2D eigenvalue weighted by atomic mass is 16.6. The van der Waals surface area contributed by atoms with Crippen LogP contribution >= 0.6 is 0 Å². The van der Waals surface area contributed by atoms with Crippen LogP contribution < -0.4 is 0 Å². The third kappa shape index (κ3) is 19.0. The first-order valence-corrected chi connectivity index (χ1v) is 23.0. The maximum Gasteiger partial charge on any atom is 0.306 e. The number of carbonyl (C=O) groups is 3. The molecule has 1 N–H and O–H groups in total. The lowest BCUT2D eigenvalue weighted by molar-refractivity contribution is -0.152. The number of ketones is 2. The molecule has 1 saturated heterocycles. The lowest BCUT2D eigenvalue weighted by atomic mass is 9.63. The number of allylic oxidation sites excluding steroid dienone is 17. The molecule has 334 valence electrons. The second-order valence-electron chi connectivity index (χ2n) is 19.2. The number of unbranched alkanes of at least 4 members (excludes halogenated alkanes) is 10. The van der Waals surface area contributed by atoms with Gasteiger partial charge in [-0.05, 0) is 73.0 Å². The molecule has 2 rings (SSSR count). The summed E-state index contributed by atoms with van der Waals surface area (Å²) < 4.78 is 12.0. The predicted octanol–water partition coefficient (Wildman–Crippen LogP) is 13.8. The number of rotatable bonds is 28. The number of carbonyl (C=O) groups excluding carboxylic acids is 3. The Labute approximate surface area is 365 Å². The molecule has 0 aromatic rings. The highest BCUT2D eigenvalue weighted by Crippen LogP contribution is 2.66. The van der Waals surface area contributed by atoms with Crippen molar-refractivity contribution in [3.05, 3.63) is 107 Å². The van der Waals surface area contributed by atoms with Crippen molar-refractivity contribution in [1.29, 1.82) is 0 Å². The number of aliphatic hydroxyl groups excluding tert-OH is 1. The van der Waals surface area contributed by atoms with E-state index < -0.39 is 11.5 Å². The predicted molar refractivity (Wildman–Crippen MR) is 252 cm³/mol. The second kappa shape index (κ2) is 26.0. The number of fused-ring (bicyclic) bond motifs is 1. The van der Waals surface area contributed by atoms with Crippen molar-refractivity contribution in [1.82, 2.24) is 0 Å². The van der Waals surface area contributed by atoms with E-state index in [9.17, 15) is 19.5 Å². The van der Waals surface area contributed by atoms with E-state index >= 15 is 0 Å². The molecule has 0 bridgehead atoms. The highest BCUT2D eigenvalue weighted by Gasteiger charge is 2.74. The van der Waals surface area contributed by atoms with E-state index in [1.807, 2.05) is 64.2 Å². The Kier molecular flexibility index (Phi) is 22.8. The van der Waals surface area contributed by atoms with E-state index in [1.54, 1.807) is 12.2 Å². The zero-order valence-corrected chi connectivity index (χ0v) is 39.5. The standard InChI is InChI=1S/C54H82O6/c1-12-13-14-15-16-17-18-19-20-21-22-33-50(58)59-48(38-46(6)55)41-51(7,8)49(57)35-34-44(4)31-25-29-42(2)27-23-24-28-43(3)30-26-32-45(5)36-37-54-52(9,10)39-47(56)40-53(54,11)60-54/h23-32,34-37,47-48,56H,12-22,33,38-41H2,1-11H3. The van der Waals surface area contributed by atoms with Crippen molar-refractivity contribution >= 4 is 17.5 Å². The van der Waals surface area contributed by atoms with Gasteiger partial charge < -0.3 is 14.6 Å². The molecule has 1 aliphatic heterocycles. The van der Waals surface area contributed by atoms with Crippen LogP contribution in [-0.4, -0.2) is 46.1 Å². The van der Waals surface area contributed by atoms with Crippen LogP contribution in [-0.2, 0) is 23.9 Å². The van der Waals surface area contributed by atoms with Gasteiger partial charge in [0.2, 0.25) is 0 Å². The quantitative estimate of drug-likeness (QED) is 0.0278. The van der Waals surface area contributed by atoms with Crippen LogP contribution in [0.2, 0.25) is 0 Å². The molecule has 6 heteroatoms. The Morgan fingerprint density at radius 1 is 0.683 bits per heavy atom. The van der Waals surface area contributed by atoms with Gasteiger partial charge in [0.05, 0.1) is 6.10 Å². The normalized spacial score (nSPS) is 23.4. The fourth-order valence-corrected chi connectivity index (χ4v) is 8.42. The smallest absolute Gasteiger partial charge is 0.306 e. The summed E-state index contributed by atoms with van der Waals surface area (Å²) >= 11 is 0. The van der Waals surface area contributed by atoms with Crippen LogP contribution in [0.3, 0.4) is 0 Å². The van der Waals surface area contributed by atoms with Gasteiger partial charge in [0.1, 0.15) is 23.1 Å². The van der Waals surface area contributed by atoms with Gasteiger partial charge in [-0.15, -0.1) is 0 Å². The number of Topliss-reactive ketones (excluding diaryl/α,β-unsaturated/α-hetero) is 1. The van der Waals surface area contributed by atoms with Crippen molar-refractivity contribution in [2.45, 2.75) is 202 Å². The van der Waals surface area contributed by atoms with Crippen LogP contribution in [0.5, 0.6) is 0 Å². The number of ether oxygens (including phenoxy) is 2. The van der Waals surface area contributed by atoms with E-state index in [2.05, 4.69) is 78.0 Å². The van der Waals surface area contributed by atoms with E-state index in [-0.39, 0.29) is 46.7 Å². The maximum absolute atomic E-state index is 13.3. The Hall–Kier alpha value is -3.61. The summed E-state index contributed by atoms with van der Waals surface area (Å²) in [5.41, 5.74) is 2.76. The van der Waals surface area contributed by atoms with Gasteiger partial charge >= 0.3 is 5.97 Å². The average molecular weight is 827 g/mol. The molecule has 0 aromatic heterocycles. The second-order valence-corrected chi connectivity index (χ2v) is 19.2. The summed E-state index contributed by atoms with van der Waals surface area (Å²) in [6.45, 7) is 22.1. The molecule has 0 amide bonds. The molecule has 6 nitrogen and oxygen atoms in total. The summed E-state index contributed by atoms with van der Waals surface area (Å²) in [7, 11) is 0. The SMILES string of the molecule is CCCCCCCCCCCCCC(=O)OC(CC(C)=O)CC(C)(C)C(=O)C=CC(C)=CC=CC(C)=CC=CC=C(C)C=CC=C(C)C=CC12OC1(C)CC(O)CC2(C)C. The monoisotopic (exact) mass is 827 g/mol. The van der Waals surface area contributed by atoms with Crippen molar-refractivity contribution < 1.29 is 29.0 Å². The van der Waals surface area contributed by atoms with Gasteiger partial charge in [-0.2, -0.15) is 0 Å². The zero-order valence-electron chi connectivity index (χ0n) is 39.5. The first-order chi connectivity index (χ1) is 28.3. The van der Waals surface area contributed by atoms with Crippen molar-refractivity contribution in [2.75, 3.05) is 0 Å². The number of hydrogen-bond acceptors (Lipinski definition) is 6. The summed E-state index contributed by atoms with van der Waals surface area (Å²) in [5, 5.41) is 10.3. The molecule has 0 spiro atoms. The molecule has 0 aromatic carbocycles. The molecule has 2 fully saturated rings. The van der Waals surface area contributed by atoms with Gasteiger partial charge in [-0.3, -0.25) is 14.4 Å². The molecular formula is C54H82O6. The summed E-state index contributed by atoms with van der Waals surface area (Å²) in [5.74, 6) is -0.413. The third-order valence-electron chi connectivity index (χ3n) is 12.1. The van der Waals surface area contributed by atoms with Gasteiger partial charge in [-0.25, -0.2) is 0 Å². The lowest BCUT2D eigenvalue weighted by Crippen LogP contribution is -2.46. The largest absolute Gasteiger partial charge is 0.462 e. The topological polar surface area (TPSA) is 93.2 Å². The third-order valence-corrected chi connectivity index (χ3v) is 12.1. The van der Waals surface area contributed by atoms with Gasteiger partial charge in [0.25, 0.3) is 0 Å². The van der Waals surface area contributed by atoms with Gasteiger partial charge in [0.15, 0.2) is 5.78 Å².